The van der Waals surface area contributed by atoms with Gasteiger partial charge in [0.1, 0.15) is 17.5 Å². The highest BCUT2D eigenvalue weighted by molar-refractivity contribution is 5.59. The van der Waals surface area contributed by atoms with Crippen LogP contribution in [0.3, 0.4) is 0 Å². The molecule has 0 saturated carbocycles. The maximum absolute atomic E-state index is 13.6. The van der Waals surface area contributed by atoms with Crippen LogP contribution in [0, 0.1) is 11.6 Å². The van der Waals surface area contributed by atoms with Gasteiger partial charge >= 0.3 is 0 Å². The Kier molecular flexibility index (Phi) is 2.76. The highest BCUT2D eigenvalue weighted by Gasteiger charge is 2.22. The molecule has 0 amide bonds. The Morgan fingerprint density at radius 3 is 2.72 bits per heavy atom. The lowest BCUT2D eigenvalue weighted by molar-refractivity contribution is 0.430. The SMILES string of the molecule is Fc1ccc(F)c(-c2ccnc(C3CNC3)n2)c1. The van der Waals surface area contributed by atoms with Crippen molar-refractivity contribution >= 4 is 0 Å². The number of nitrogens with one attached hydrogen (secondary N) is 1. The fourth-order valence-electron chi connectivity index (χ4n) is 1.89. The van der Waals surface area contributed by atoms with E-state index in [1.165, 1.54) is 0 Å². The van der Waals surface area contributed by atoms with E-state index in [0.29, 0.717) is 11.5 Å². The van der Waals surface area contributed by atoms with Gasteiger partial charge in [-0.3, -0.25) is 0 Å². The molecule has 0 aliphatic carbocycles. The van der Waals surface area contributed by atoms with Gasteiger partial charge in [0.2, 0.25) is 0 Å². The first-order chi connectivity index (χ1) is 8.74. The van der Waals surface area contributed by atoms with Gasteiger partial charge in [-0.2, -0.15) is 0 Å². The summed E-state index contributed by atoms with van der Waals surface area (Å²) in [5.74, 6) is -0.0128. The molecule has 1 aromatic carbocycles. The lowest BCUT2D eigenvalue weighted by Gasteiger charge is -2.25. The Hall–Kier alpha value is -1.88. The maximum atomic E-state index is 13.6. The van der Waals surface area contributed by atoms with Crippen molar-refractivity contribution in [2.75, 3.05) is 13.1 Å². The largest absolute Gasteiger partial charge is 0.315 e. The third kappa shape index (κ3) is 1.97. The molecule has 2 aromatic rings. The fraction of sp³-hybridized carbons (Fsp3) is 0.231. The Bertz CT molecular complexity index is 582. The Morgan fingerprint density at radius 2 is 2.00 bits per heavy atom. The van der Waals surface area contributed by atoms with E-state index in [2.05, 4.69) is 15.3 Å². The topological polar surface area (TPSA) is 37.8 Å². The van der Waals surface area contributed by atoms with Crippen molar-refractivity contribution in [2.24, 2.45) is 0 Å². The van der Waals surface area contributed by atoms with E-state index in [0.717, 1.165) is 31.3 Å². The molecule has 0 unspecified atom stereocenters. The van der Waals surface area contributed by atoms with Gasteiger partial charge in [-0.25, -0.2) is 18.7 Å². The summed E-state index contributed by atoms with van der Waals surface area (Å²) < 4.78 is 26.8. The second-order valence-corrected chi connectivity index (χ2v) is 4.28. The quantitative estimate of drug-likeness (QED) is 0.883. The summed E-state index contributed by atoms with van der Waals surface area (Å²) >= 11 is 0. The normalized spacial score (nSPS) is 15.4. The zero-order chi connectivity index (χ0) is 12.5. The Labute approximate surface area is 103 Å². The van der Waals surface area contributed by atoms with Crippen LogP contribution in [0.4, 0.5) is 8.78 Å². The van der Waals surface area contributed by atoms with Crippen molar-refractivity contribution < 1.29 is 8.78 Å². The molecule has 3 nitrogen and oxygen atoms in total. The molecule has 1 aliphatic heterocycles. The number of halogens is 2. The van der Waals surface area contributed by atoms with E-state index in [9.17, 15) is 8.78 Å². The second kappa shape index (κ2) is 4.42. The molecule has 1 aromatic heterocycles. The number of rotatable bonds is 2. The molecule has 1 saturated heterocycles. The maximum Gasteiger partial charge on any atom is 0.134 e. The predicted molar refractivity (Wildman–Crippen MR) is 63.0 cm³/mol. The van der Waals surface area contributed by atoms with E-state index in [1.54, 1.807) is 12.3 Å². The zero-order valence-corrected chi connectivity index (χ0v) is 9.53. The first kappa shape index (κ1) is 11.2. The monoisotopic (exact) mass is 247 g/mol. The lowest BCUT2D eigenvalue weighted by Crippen LogP contribution is -2.40. The molecule has 1 fully saturated rings. The summed E-state index contributed by atoms with van der Waals surface area (Å²) in [5.41, 5.74) is 0.592. The van der Waals surface area contributed by atoms with Crippen molar-refractivity contribution in [3.8, 4) is 11.3 Å². The van der Waals surface area contributed by atoms with Gasteiger partial charge in [-0.05, 0) is 24.3 Å². The van der Waals surface area contributed by atoms with Crippen LogP contribution in [0.2, 0.25) is 0 Å². The highest BCUT2D eigenvalue weighted by atomic mass is 19.1. The second-order valence-electron chi connectivity index (χ2n) is 4.28. The summed E-state index contributed by atoms with van der Waals surface area (Å²) in [6.45, 7) is 1.66. The van der Waals surface area contributed by atoms with Crippen molar-refractivity contribution in [1.29, 1.82) is 0 Å². The van der Waals surface area contributed by atoms with Gasteiger partial charge < -0.3 is 5.32 Å². The minimum atomic E-state index is -0.479. The fourth-order valence-corrected chi connectivity index (χ4v) is 1.89. The average Bonchev–Trinajstić information content (AvgIpc) is 2.30. The molecule has 0 radical (unpaired) electrons. The van der Waals surface area contributed by atoms with Gasteiger partial charge in [0.05, 0.1) is 5.69 Å². The van der Waals surface area contributed by atoms with E-state index in [-0.39, 0.29) is 11.5 Å². The summed E-state index contributed by atoms with van der Waals surface area (Å²) in [7, 11) is 0. The number of hydrogen-bond acceptors (Lipinski definition) is 3. The number of benzene rings is 1. The molecule has 1 N–H and O–H groups in total. The van der Waals surface area contributed by atoms with E-state index in [1.807, 2.05) is 0 Å². The smallest absolute Gasteiger partial charge is 0.134 e. The molecule has 5 heteroatoms. The third-order valence-corrected chi connectivity index (χ3v) is 3.03. The summed E-state index contributed by atoms with van der Waals surface area (Å²) in [4.78, 5) is 8.48. The number of nitrogens with zero attached hydrogens (tertiary/aromatic N) is 2. The van der Waals surface area contributed by atoms with Crippen molar-refractivity contribution in [3.05, 3.63) is 47.9 Å². The minimum absolute atomic E-state index is 0.172. The van der Waals surface area contributed by atoms with Crippen LogP contribution in [0.15, 0.2) is 30.5 Å². The first-order valence-electron chi connectivity index (χ1n) is 5.73. The molecule has 2 heterocycles. The van der Waals surface area contributed by atoms with Gasteiger partial charge in [0.15, 0.2) is 0 Å². The highest BCUT2D eigenvalue weighted by Crippen LogP contribution is 2.23. The molecule has 3 rings (SSSR count). The summed E-state index contributed by atoms with van der Waals surface area (Å²) in [5, 5.41) is 3.13. The molecular formula is C13H11F2N3. The lowest BCUT2D eigenvalue weighted by atomic mass is 10.0. The predicted octanol–water partition coefficient (Wildman–Crippen LogP) is 2.11. The molecule has 0 spiro atoms. The molecule has 1 aliphatic rings. The Morgan fingerprint density at radius 1 is 1.17 bits per heavy atom. The third-order valence-electron chi connectivity index (χ3n) is 3.03. The van der Waals surface area contributed by atoms with Gasteiger partial charge in [-0.1, -0.05) is 0 Å². The van der Waals surface area contributed by atoms with Crippen LogP contribution >= 0.6 is 0 Å². The van der Waals surface area contributed by atoms with Gasteiger partial charge in [0.25, 0.3) is 0 Å². The van der Waals surface area contributed by atoms with Crippen LogP contribution in [0.25, 0.3) is 11.3 Å². The minimum Gasteiger partial charge on any atom is -0.315 e. The van der Waals surface area contributed by atoms with Crippen molar-refractivity contribution in [2.45, 2.75) is 5.92 Å². The van der Waals surface area contributed by atoms with Crippen molar-refractivity contribution in [1.82, 2.24) is 15.3 Å². The van der Waals surface area contributed by atoms with E-state index >= 15 is 0 Å². The molecule has 0 atom stereocenters. The summed E-state index contributed by atoms with van der Waals surface area (Å²) in [6, 6.07) is 4.95. The first-order valence-corrected chi connectivity index (χ1v) is 5.73. The Balaban J connectivity index is 2.02. The zero-order valence-electron chi connectivity index (χ0n) is 9.53. The number of hydrogen-bond donors (Lipinski definition) is 1. The van der Waals surface area contributed by atoms with Gasteiger partial charge in [-0.15, -0.1) is 0 Å². The standard InChI is InChI=1S/C13H11F2N3/c14-9-1-2-11(15)10(5-9)12-3-4-17-13(18-12)8-6-16-7-8/h1-5,8,16H,6-7H2. The molecule has 92 valence electrons. The molecular weight excluding hydrogens is 236 g/mol. The van der Waals surface area contributed by atoms with E-state index < -0.39 is 11.6 Å². The van der Waals surface area contributed by atoms with E-state index in [4.69, 9.17) is 0 Å². The van der Waals surface area contributed by atoms with Crippen LogP contribution < -0.4 is 5.32 Å². The van der Waals surface area contributed by atoms with Crippen LogP contribution in [-0.2, 0) is 0 Å². The number of aromatic nitrogens is 2. The van der Waals surface area contributed by atoms with Crippen molar-refractivity contribution in [3.63, 3.8) is 0 Å². The summed E-state index contributed by atoms with van der Waals surface area (Å²) in [6.07, 6.45) is 1.58. The average molecular weight is 247 g/mol. The van der Waals surface area contributed by atoms with Crippen LogP contribution in [0.1, 0.15) is 11.7 Å². The van der Waals surface area contributed by atoms with Crippen LogP contribution in [-0.4, -0.2) is 23.1 Å². The van der Waals surface area contributed by atoms with Gasteiger partial charge in [0, 0.05) is 30.8 Å². The molecule has 0 bridgehead atoms. The van der Waals surface area contributed by atoms with Crippen LogP contribution in [0.5, 0.6) is 0 Å². The molecule has 18 heavy (non-hydrogen) atoms.